The van der Waals surface area contributed by atoms with Crippen molar-refractivity contribution in [1.82, 2.24) is 4.98 Å². The summed E-state index contributed by atoms with van der Waals surface area (Å²) < 4.78 is 5.37. The highest BCUT2D eigenvalue weighted by Crippen LogP contribution is 2.35. The van der Waals surface area contributed by atoms with E-state index in [1.807, 2.05) is 18.2 Å². The number of pyridine rings is 1. The van der Waals surface area contributed by atoms with E-state index in [1.165, 1.54) is 4.90 Å². The van der Waals surface area contributed by atoms with Crippen molar-refractivity contribution >= 4 is 46.4 Å². The Labute approximate surface area is 149 Å². The largest absolute Gasteiger partial charge is 0.364 e. The number of rotatable bonds is 3. The van der Waals surface area contributed by atoms with Crippen LogP contribution in [-0.4, -0.2) is 36.3 Å². The van der Waals surface area contributed by atoms with Crippen LogP contribution in [0.2, 0.25) is 5.15 Å². The Hall–Kier alpha value is -2.02. The highest BCUT2D eigenvalue weighted by Gasteiger charge is 2.25. The first kappa shape index (κ1) is 16.8. The van der Waals surface area contributed by atoms with E-state index in [2.05, 4.69) is 9.88 Å². The average molecular weight is 367 g/mol. The van der Waals surface area contributed by atoms with Gasteiger partial charge < -0.3 is 15.4 Å². The van der Waals surface area contributed by atoms with Gasteiger partial charge in [0.25, 0.3) is 0 Å². The third kappa shape index (κ3) is 3.56. The second-order valence-electron chi connectivity index (χ2n) is 5.21. The summed E-state index contributed by atoms with van der Waals surface area (Å²) in [5.74, 6) is 0.359. The fourth-order valence-electron chi connectivity index (χ4n) is 2.62. The number of morpholine rings is 1. The van der Waals surface area contributed by atoms with Gasteiger partial charge in [-0.1, -0.05) is 41.4 Å². The predicted molar refractivity (Wildman–Crippen MR) is 95.2 cm³/mol. The number of nitrogens with zero attached hydrogens (tertiary/aromatic N) is 3. The molecular formula is C16H16Cl2N4O2. The van der Waals surface area contributed by atoms with E-state index in [-0.39, 0.29) is 5.15 Å². The zero-order valence-corrected chi connectivity index (χ0v) is 14.2. The number of aromatic nitrogens is 1. The number of halogens is 2. The van der Waals surface area contributed by atoms with Crippen LogP contribution < -0.4 is 15.5 Å². The lowest BCUT2D eigenvalue weighted by Gasteiger charge is -2.34. The lowest BCUT2D eigenvalue weighted by atomic mass is 10.2. The van der Waals surface area contributed by atoms with Crippen LogP contribution in [0.4, 0.5) is 22.0 Å². The molecule has 3 rings (SSSR count). The van der Waals surface area contributed by atoms with Crippen molar-refractivity contribution in [1.29, 1.82) is 0 Å². The maximum absolute atomic E-state index is 12.1. The fraction of sp³-hybridized carbons (Fsp3) is 0.250. The number of amides is 2. The molecule has 0 radical (unpaired) electrons. The molecule has 1 aliphatic heterocycles. The molecule has 2 N–H and O–H groups in total. The van der Waals surface area contributed by atoms with Crippen LogP contribution in [0.15, 0.2) is 42.5 Å². The number of benzene rings is 1. The number of carbonyl (C=O) groups excluding carboxylic acids is 1. The molecule has 126 valence electrons. The van der Waals surface area contributed by atoms with Gasteiger partial charge in [0.1, 0.15) is 16.5 Å². The average Bonchev–Trinajstić information content (AvgIpc) is 2.55. The molecule has 2 heterocycles. The Balaban J connectivity index is 2.04. The van der Waals surface area contributed by atoms with Gasteiger partial charge in [-0.05, 0) is 24.3 Å². The van der Waals surface area contributed by atoms with Crippen molar-refractivity contribution in [2.45, 2.75) is 5.56 Å². The van der Waals surface area contributed by atoms with Crippen LogP contribution in [0.3, 0.4) is 0 Å². The maximum Gasteiger partial charge on any atom is 0.325 e. The maximum atomic E-state index is 12.1. The van der Waals surface area contributed by atoms with Gasteiger partial charge in [0.2, 0.25) is 0 Å². The van der Waals surface area contributed by atoms with Crippen molar-refractivity contribution in [2.24, 2.45) is 5.73 Å². The first-order valence-electron chi connectivity index (χ1n) is 7.38. The molecular weight excluding hydrogens is 351 g/mol. The highest BCUT2D eigenvalue weighted by atomic mass is 35.5. The number of nitrogens with two attached hydrogens (primary N) is 1. The van der Waals surface area contributed by atoms with E-state index in [0.717, 1.165) is 5.69 Å². The lowest BCUT2D eigenvalue weighted by Crippen LogP contribution is -2.41. The van der Waals surface area contributed by atoms with Crippen LogP contribution >= 0.6 is 23.2 Å². The molecule has 8 heteroatoms. The van der Waals surface area contributed by atoms with Crippen molar-refractivity contribution in [3.63, 3.8) is 0 Å². The molecule has 1 aromatic carbocycles. The van der Waals surface area contributed by atoms with Gasteiger partial charge in [-0.3, -0.25) is 0 Å². The van der Waals surface area contributed by atoms with E-state index >= 15 is 0 Å². The lowest BCUT2D eigenvalue weighted by molar-refractivity contribution is 0.0935. The van der Waals surface area contributed by atoms with Crippen molar-refractivity contribution < 1.29 is 9.53 Å². The molecule has 1 aromatic heterocycles. The molecule has 1 saturated heterocycles. The number of alkyl halides is 1. The molecule has 1 atom stereocenters. The molecule has 24 heavy (non-hydrogen) atoms. The van der Waals surface area contributed by atoms with Crippen LogP contribution in [0.1, 0.15) is 0 Å². The summed E-state index contributed by atoms with van der Waals surface area (Å²) in [4.78, 5) is 19.7. The Morgan fingerprint density at radius 3 is 2.79 bits per heavy atom. The first-order chi connectivity index (χ1) is 11.6. The molecule has 0 bridgehead atoms. The van der Waals surface area contributed by atoms with Crippen LogP contribution in [0.5, 0.6) is 0 Å². The number of hydrogen-bond acceptors (Lipinski definition) is 4. The number of anilines is 3. The third-order valence-electron chi connectivity index (χ3n) is 3.64. The molecule has 0 spiro atoms. The number of primary amides is 1. The predicted octanol–water partition coefficient (Wildman–Crippen LogP) is 3.35. The minimum atomic E-state index is -0.645. The summed E-state index contributed by atoms with van der Waals surface area (Å²) in [6.07, 6.45) is 0. The van der Waals surface area contributed by atoms with Gasteiger partial charge in [-0.25, -0.2) is 14.7 Å². The van der Waals surface area contributed by atoms with Crippen LogP contribution in [-0.2, 0) is 4.74 Å². The normalized spacial score (nSPS) is 17.6. The van der Waals surface area contributed by atoms with E-state index < -0.39 is 11.6 Å². The summed E-state index contributed by atoms with van der Waals surface area (Å²) in [5, 5.41) is 0.281. The Morgan fingerprint density at radius 2 is 2.08 bits per heavy atom. The van der Waals surface area contributed by atoms with Gasteiger partial charge in [-0.15, -0.1) is 0 Å². The summed E-state index contributed by atoms with van der Waals surface area (Å²) in [6, 6.07) is 11.8. The number of hydrogen-bond donors (Lipinski definition) is 1. The molecule has 6 nitrogen and oxygen atoms in total. The topological polar surface area (TPSA) is 71.7 Å². The van der Waals surface area contributed by atoms with Crippen molar-refractivity contribution in [2.75, 3.05) is 29.5 Å². The minimum Gasteiger partial charge on any atom is -0.364 e. The quantitative estimate of drug-likeness (QED) is 0.667. The molecule has 0 aliphatic carbocycles. The number of ether oxygens (including phenoxy) is 1. The molecule has 1 unspecified atom stereocenters. The zero-order valence-electron chi connectivity index (χ0n) is 12.7. The molecule has 1 fully saturated rings. The summed E-state index contributed by atoms with van der Waals surface area (Å²) in [6.45, 7) is 1.68. The second-order valence-corrected chi connectivity index (χ2v) is 6.08. The van der Waals surface area contributed by atoms with E-state index in [4.69, 9.17) is 33.7 Å². The highest BCUT2D eigenvalue weighted by molar-refractivity contribution is 6.29. The monoisotopic (exact) mass is 366 g/mol. The number of para-hydroxylation sites is 2. The minimum absolute atomic E-state index is 0.281. The van der Waals surface area contributed by atoms with Gasteiger partial charge in [0, 0.05) is 6.54 Å². The number of carbonyl (C=O) groups is 1. The number of urea groups is 1. The van der Waals surface area contributed by atoms with Gasteiger partial charge in [0.05, 0.1) is 24.5 Å². The third-order valence-corrected chi connectivity index (χ3v) is 4.11. The second kappa shape index (κ2) is 7.25. The van der Waals surface area contributed by atoms with E-state index in [1.54, 1.807) is 24.3 Å². The summed E-state index contributed by atoms with van der Waals surface area (Å²) in [7, 11) is 0. The molecule has 0 saturated carbocycles. The van der Waals surface area contributed by atoms with Crippen molar-refractivity contribution in [3.05, 3.63) is 47.6 Å². The molecule has 1 aliphatic rings. The van der Waals surface area contributed by atoms with Crippen LogP contribution in [0, 0.1) is 0 Å². The smallest absolute Gasteiger partial charge is 0.325 e. The van der Waals surface area contributed by atoms with Gasteiger partial charge in [0.15, 0.2) is 0 Å². The Bertz CT molecular complexity index is 744. The van der Waals surface area contributed by atoms with E-state index in [0.29, 0.717) is 31.2 Å². The van der Waals surface area contributed by atoms with E-state index in [9.17, 15) is 4.79 Å². The summed E-state index contributed by atoms with van der Waals surface area (Å²) >= 11 is 12.0. The fourth-order valence-corrected chi connectivity index (χ4v) is 3.04. The first-order valence-corrected chi connectivity index (χ1v) is 8.19. The van der Waals surface area contributed by atoms with Crippen LogP contribution in [0.25, 0.3) is 0 Å². The molecule has 2 amide bonds. The standard InChI is InChI=1S/C16H16Cl2N4O2/c17-13-6-3-7-15(20-13)22(16(19)23)12-5-2-1-4-11(12)21-8-9-24-14(18)10-21/h1-7,14H,8-10H2,(H2,19,23). The molecule has 2 aromatic rings. The van der Waals surface area contributed by atoms with Crippen molar-refractivity contribution in [3.8, 4) is 0 Å². The van der Waals surface area contributed by atoms with Gasteiger partial charge in [-0.2, -0.15) is 0 Å². The zero-order chi connectivity index (χ0) is 17.1. The Kier molecular flexibility index (Phi) is 5.08. The summed E-state index contributed by atoms with van der Waals surface area (Å²) in [5.41, 5.74) is 6.65. The SMILES string of the molecule is NC(=O)N(c1cccc(Cl)n1)c1ccccc1N1CCOC(Cl)C1. The Morgan fingerprint density at radius 1 is 1.29 bits per heavy atom. The van der Waals surface area contributed by atoms with Gasteiger partial charge >= 0.3 is 6.03 Å².